The second-order valence-electron chi connectivity index (χ2n) is 6.25. The molecule has 1 aliphatic rings. The Bertz CT molecular complexity index is 434. The molecular formula is C16H31N4O4+. The summed E-state index contributed by atoms with van der Waals surface area (Å²) in [5, 5.41) is 2.85. The minimum atomic E-state index is -0.323. The van der Waals surface area contributed by atoms with Crippen LogP contribution in [0.15, 0.2) is 0 Å². The van der Waals surface area contributed by atoms with Gasteiger partial charge in [-0.2, -0.15) is 0 Å². The molecule has 0 aliphatic carbocycles. The van der Waals surface area contributed by atoms with Crippen LogP contribution in [0, 0.1) is 0 Å². The average molecular weight is 343 g/mol. The number of hydrogen-bond acceptors (Lipinski definition) is 4. The first-order chi connectivity index (χ1) is 11.4. The molecule has 0 aromatic rings. The van der Waals surface area contributed by atoms with E-state index in [2.05, 4.69) is 5.32 Å². The number of carbonyl (C=O) groups excluding carboxylic acids is 3. The second-order valence-corrected chi connectivity index (χ2v) is 6.25. The Balaban J connectivity index is 2.41. The van der Waals surface area contributed by atoms with Gasteiger partial charge in [-0.3, -0.25) is 9.59 Å². The molecule has 0 aromatic heterocycles. The molecule has 1 fully saturated rings. The van der Waals surface area contributed by atoms with Crippen LogP contribution in [0.2, 0.25) is 0 Å². The van der Waals surface area contributed by atoms with Gasteiger partial charge in [0.25, 0.3) is 11.8 Å². The van der Waals surface area contributed by atoms with Crippen LogP contribution >= 0.6 is 0 Å². The number of amides is 3. The quantitative estimate of drug-likeness (QED) is 0.603. The van der Waals surface area contributed by atoms with E-state index in [1.54, 1.807) is 16.7 Å². The highest BCUT2D eigenvalue weighted by Gasteiger charge is 2.27. The third-order valence-electron chi connectivity index (χ3n) is 3.92. The summed E-state index contributed by atoms with van der Waals surface area (Å²) < 4.78 is 4.97. The van der Waals surface area contributed by atoms with Crippen molar-refractivity contribution in [1.82, 2.24) is 15.1 Å². The van der Waals surface area contributed by atoms with E-state index in [4.69, 9.17) is 4.74 Å². The molecule has 1 heterocycles. The zero-order chi connectivity index (χ0) is 18.1. The highest BCUT2D eigenvalue weighted by Crippen LogP contribution is 2.03. The van der Waals surface area contributed by atoms with Crippen molar-refractivity contribution in [3.05, 3.63) is 0 Å². The number of nitrogens with one attached hydrogen (secondary N) is 2. The Labute approximate surface area is 144 Å². The number of ether oxygens (including phenoxy) is 1. The summed E-state index contributed by atoms with van der Waals surface area (Å²) in [4.78, 5) is 40.2. The summed E-state index contributed by atoms with van der Waals surface area (Å²) in [5.74, 6) is -0.0190. The highest BCUT2D eigenvalue weighted by atomic mass is 16.6. The first-order valence-corrected chi connectivity index (χ1v) is 8.69. The predicted octanol–water partition coefficient (Wildman–Crippen LogP) is -1.28. The molecule has 0 radical (unpaired) electrons. The van der Waals surface area contributed by atoms with Crippen LogP contribution in [0.25, 0.3) is 0 Å². The van der Waals surface area contributed by atoms with Gasteiger partial charge in [0.1, 0.15) is 0 Å². The Hall–Kier alpha value is -1.83. The first-order valence-electron chi connectivity index (χ1n) is 8.69. The molecule has 2 N–H and O–H groups in total. The molecule has 138 valence electrons. The van der Waals surface area contributed by atoms with E-state index in [0.29, 0.717) is 52.4 Å². The molecule has 0 bridgehead atoms. The van der Waals surface area contributed by atoms with Gasteiger partial charge in [-0.25, -0.2) is 4.79 Å². The molecule has 24 heavy (non-hydrogen) atoms. The van der Waals surface area contributed by atoms with Crippen molar-refractivity contribution in [3.63, 3.8) is 0 Å². The van der Waals surface area contributed by atoms with Crippen molar-refractivity contribution < 1.29 is 24.0 Å². The van der Waals surface area contributed by atoms with Crippen LogP contribution in [0.1, 0.15) is 27.7 Å². The van der Waals surface area contributed by atoms with E-state index in [-0.39, 0.29) is 23.9 Å². The van der Waals surface area contributed by atoms with E-state index in [9.17, 15) is 14.4 Å². The molecule has 0 saturated carbocycles. The number of piperazine rings is 1. The fourth-order valence-corrected chi connectivity index (χ4v) is 2.59. The van der Waals surface area contributed by atoms with Crippen molar-refractivity contribution in [2.24, 2.45) is 0 Å². The summed E-state index contributed by atoms with van der Waals surface area (Å²) >= 11 is 0. The summed E-state index contributed by atoms with van der Waals surface area (Å²) in [5.41, 5.74) is 0. The zero-order valence-corrected chi connectivity index (χ0v) is 15.3. The summed E-state index contributed by atoms with van der Waals surface area (Å²) in [6, 6.07) is 0.0993. The van der Waals surface area contributed by atoms with Crippen LogP contribution in [0.3, 0.4) is 0 Å². The number of likely N-dealkylation sites (N-methyl/N-ethyl adjacent to an activating group) is 1. The number of quaternary nitrogens is 1. The van der Waals surface area contributed by atoms with Crippen molar-refractivity contribution in [1.29, 1.82) is 0 Å². The molecule has 8 nitrogen and oxygen atoms in total. The Morgan fingerprint density at radius 3 is 2.12 bits per heavy atom. The maximum absolute atomic E-state index is 12.4. The van der Waals surface area contributed by atoms with Crippen molar-refractivity contribution in [3.8, 4) is 0 Å². The number of hydrogen-bond donors (Lipinski definition) is 2. The Kier molecular flexibility index (Phi) is 8.53. The van der Waals surface area contributed by atoms with Gasteiger partial charge in [0.15, 0.2) is 13.1 Å². The minimum Gasteiger partial charge on any atom is -0.450 e. The highest BCUT2D eigenvalue weighted by molar-refractivity contribution is 5.79. The van der Waals surface area contributed by atoms with Crippen molar-refractivity contribution in [2.45, 2.75) is 33.7 Å². The van der Waals surface area contributed by atoms with E-state index in [1.165, 1.54) is 0 Å². The minimum absolute atomic E-state index is 0.0210. The van der Waals surface area contributed by atoms with Gasteiger partial charge in [-0.1, -0.05) is 0 Å². The number of nitrogens with zero attached hydrogens (tertiary/aromatic N) is 2. The zero-order valence-electron chi connectivity index (χ0n) is 15.3. The van der Waals surface area contributed by atoms with E-state index < -0.39 is 0 Å². The smallest absolute Gasteiger partial charge is 0.409 e. The fraction of sp³-hybridized carbons (Fsp3) is 0.812. The summed E-state index contributed by atoms with van der Waals surface area (Å²) in [7, 11) is 0. The molecule has 3 amide bonds. The van der Waals surface area contributed by atoms with Gasteiger partial charge in [-0.05, 0) is 27.7 Å². The van der Waals surface area contributed by atoms with E-state index in [0.717, 1.165) is 4.90 Å². The standard InChI is InChI=1S/C16H30N4O4/c1-5-18(11-14(21)17-13(3)4)12-15(22)19-7-9-20(10-8-19)16(23)24-6-2/h13H,5-12H2,1-4H3,(H,17,21)/p+1. The van der Waals surface area contributed by atoms with Crippen molar-refractivity contribution >= 4 is 17.9 Å². The maximum atomic E-state index is 12.4. The van der Waals surface area contributed by atoms with Gasteiger partial charge in [-0.15, -0.1) is 0 Å². The lowest BCUT2D eigenvalue weighted by atomic mass is 10.3. The van der Waals surface area contributed by atoms with Crippen LogP contribution in [-0.4, -0.2) is 86.2 Å². The van der Waals surface area contributed by atoms with Crippen LogP contribution in [-0.2, 0) is 14.3 Å². The third kappa shape index (κ3) is 6.74. The predicted molar refractivity (Wildman–Crippen MR) is 89.7 cm³/mol. The Morgan fingerprint density at radius 2 is 1.62 bits per heavy atom. The van der Waals surface area contributed by atoms with Gasteiger partial charge in [0, 0.05) is 32.2 Å². The lowest BCUT2D eigenvalue weighted by molar-refractivity contribution is -0.882. The van der Waals surface area contributed by atoms with E-state index >= 15 is 0 Å². The Morgan fingerprint density at radius 1 is 1.04 bits per heavy atom. The van der Waals surface area contributed by atoms with Gasteiger partial charge in [0.2, 0.25) is 0 Å². The SMILES string of the molecule is CCOC(=O)N1CCN(C(=O)C[NH+](CC)CC(=O)NC(C)C)CC1. The summed E-state index contributed by atoms with van der Waals surface area (Å²) in [6.07, 6.45) is -0.323. The molecule has 8 heteroatoms. The molecule has 0 spiro atoms. The lowest BCUT2D eigenvalue weighted by Gasteiger charge is -2.34. The molecule has 1 saturated heterocycles. The van der Waals surface area contributed by atoms with Gasteiger partial charge in [0.05, 0.1) is 13.2 Å². The van der Waals surface area contributed by atoms with E-state index in [1.807, 2.05) is 20.8 Å². The lowest BCUT2D eigenvalue weighted by Crippen LogP contribution is -3.14. The topological polar surface area (TPSA) is 83.4 Å². The number of carbonyl (C=O) groups is 3. The monoisotopic (exact) mass is 343 g/mol. The normalized spacial score (nSPS) is 16.0. The molecule has 0 aromatic carbocycles. The maximum Gasteiger partial charge on any atom is 0.409 e. The molecule has 1 atom stereocenters. The third-order valence-corrected chi connectivity index (χ3v) is 3.92. The molecular weight excluding hydrogens is 312 g/mol. The van der Waals surface area contributed by atoms with Crippen LogP contribution in [0.4, 0.5) is 4.79 Å². The fourth-order valence-electron chi connectivity index (χ4n) is 2.59. The van der Waals surface area contributed by atoms with Crippen molar-refractivity contribution in [2.75, 3.05) is 52.4 Å². The van der Waals surface area contributed by atoms with Gasteiger partial charge >= 0.3 is 6.09 Å². The summed E-state index contributed by atoms with van der Waals surface area (Å²) in [6.45, 7) is 11.2. The van der Waals surface area contributed by atoms with Crippen LogP contribution in [0.5, 0.6) is 0 Å². The molecule has 1 rings (SSSR count). The molecule has 1 aliphatic heterocycles. The number of rotatable bonds is 7. The van der Waals surface area contributed by atoms with Crippen LogP contribution < -0.4 is 10.2 Å². The largest absolute Gasteiger partial charge is 0.450 e. The van der Waals surface area contributed by atoms with Gasteiger partial charge < -0.3 is 24.8 Å². The molecule has 1 unspecified atom stereocenters. The second kappa shape index (κ2) is 10.1. The first kappa shape index (κ1) is 20.2. The average Bonchev–Trinajstić information content (AvgIpc) is 2.53.